The molecule has 3 heterocycles. The highest BCUT2D eigenvalue weighted by Crippen LogP contribution is 2.31. The molecule has 0 aliphatic heterocycles. The van der Waals surface area contributed by atoms with Gasteiger partial charge in [0.1, 0.15) is 12.1 Å². The molecule has 3 aromatic rings. The molecule has 0 aliphatic rings. The number of ether oxygens (including phenoxy) is 1. The normalized spacial score (nSPS) is 12.1. The van der Waals surface area contributed by atoms with E-state index in [0.29, 0.717) is 29.7 Å². The van der Waals surface area contributed by atoms with Crippen molar-refractivity contribution < 1.29 is 14.3 Å². The zero-order valence-electron chi connectivity index (χ0n) is 21.4. The highest BCUT2D eigenvalue weighted by molar-refractivity contribution is 7.15. The van der Waals surface area contributed by atoms with Crippen LogP contribution in [0.2, 0.25) is 0 Å². The number of nitrogens with zero attached hydrogens (tertiary/aromatic N) is 5. The van der Waals surface area contributed by atoms with E-state index in [1.165, 1.54) is 4.88 Å². The molecule has 184 valence electrons. The number of esters is 1. The Hall–Kier alpha value is -2.78. The number of fused-ring (bicyclic) bond motifs is 1. The second-order valence-electron chi connectivity index (χ2n) is 10.0. The van der Waals surface area contributed by atoms with Crippen molar-refractivity contribution in [1.82, 2.24) is 24.6 Å². The molecule has 0 aliphatic carbocycles. The summed E-state index contributed by atoms with van der Waals surface area (Å²) in [5.41, 5.74) is 1.24. The average Bonchev–Trinajstić information content (AvgIpc) is 3.34. The van der Waals surface area contributed by atoms with Gasteiger partial charge in [-0.1, -0.05) is 0 Å². The molecule has 9 heteroatoms. The van der Waals surface area contributed by atoms with Crippen LogP contribution < -0.4 is 0 Å². The molecule has 34 heavy (non-hydrogen) atoms. The number of rotatable bonds is 8. The number of hydrogen-bond acceptors (Lipinski definition) is 7. The Balaban J connectivity index is 2.08. The topological polar surface area (TPSA) is 80.6 Å². The van der Waals surface area contributed by atoms with Crippen LogP contribution in [0, 0.1) is 6.92 Å². The molecule has 0 atom stereocenters. The number of thiophene rings is 1. The molecule has 0 radical (unpaired) electrons. The summed E-state index contributed by atoms with van der Waals surface area (Å²) in [6.07, 6.45) is 1.69. The molecule has 0 spiro atoms. The summed E-state index contributed by atoms with van der Waals surface area (Å²) in [6, 6.07) is 5.96. The summed E-state index contributed by atoms with van der Waals surface area (Å²) in [5, 5.41) is 5.18. The molecule has 0 saturated carbocycles. The molecule has 0 unspecified atom stereocenters. The number of likely N-dealkylation sites (N-methyl/N-ethyl adjacent to an activating group) is 1. The number of amides is 1. The number of hydrogen-bond donors (Lipinski definition) is 0. The Morgan fingerprint density at radius 3 is 2.44 bits per heavy atom. The maximum atomic E-state index is 13.9. The van der Waals surface area contributed by atoms with Crippen LogP contribution in [0.15, 0.2) is 24.4 Å². The van der Waals surface area contributed by atoms with E-state index in [4.69, 9.17) is 9.72 Å². The Kier molecular flexibility index (Phi) is 7.77. The smallest absolute Gasteiger partial charge is 0.326 e. The predicted molar refractivity (Wildman–Crippen MR) is 136 cm³/mol. The van der Waals surface area contributed by atoms with Crippen molar-refractivity contribution in [2.24, 2.45) is 0 Å². The lowest BCUT2D eigenvalue weighted by Crippen LogP contribution is -2.42. The second-order valence-corrected chi connectivity index (χ2v) is 11.3. The van der Waals surface area contributed by atoms with Gasteiger partial charge in [-0.15, -0.1) is 11.3 Å². The quantitative estimate of drug-likeness (QED) is 0.440. The highest BCUT2D eigenvalue weighted by atomic mass is 32.1. The third-order valence-corrected chi connectivity index (χ3v) is 6.15. The lowest BCUT2D eigenvalue weighted by molar-refractivity contribution is -0.155. The van der Waals surface area contributed by atoms with Crippen molar-refractivity contribution in [3.05, 3.63) is 34.8 Å². The van der Waals surface area contributed by atoms with Gasteiger partial charge in [-0.2, -0.15) is 5.10 Å². The average molecular weight is 486 g/mol. The molecule has 1 amide bonds. The van der Waals surface area contributed by atoms with Crippen molar-refractivity contribution >= 4 is 34.2 Å². The summed E-state index contributed by atoms with van der Waals surface area (Å²) >= 11 is 1.63. The molecule has 0 saturated heterocycles. The minimum absolute atomic E-state index is 0.0832. The zero-order chi connectivity index (χ0) is 25.2. The van der Waals surface area contributed by atoms with Gasteiger partial charge in [0.25, 0.3) is 5.91 Å². The molecule has 0 fully saturated rings. The first-order valence-corrected chi connectivity index (χ1v) is 12.3. The SMILES string of the molecule is Cc1ccc(-c2cc(C(=O)N(CCN(C)C)CC(=O)OC(C)(C)C)c3cnn(C(C)C)c3n2)s1. The van der Waals surface area contributed by atoms with E-state index in [1.54, 1.807) is 22.4 Å². The van der Waals surface area contributed by atoms with E-state index in [9.17, 15) is 9.59 Å². The van der Waals surface area contributed by atoms with Crippen LogP contribution in [0.1, 0.15) is 55.9 Å². The van der Waals surface area contributed by atoms with Crippen molar-refractivity contribution in [2.45, 2.75) is 53.2 Å². The number of carbonyl (C=O) groups is 2. The Morgan fingerprint density at radius 1 is 1.18 bits per heavy atom. The second kappa shape index (κ2) is 10.2. The Bertz CT molecular complexity index is 1170. The van der Waals surface area contributed by atoms with Crippen LogP contribution >= 0.6 is 11.3 Å². The van der Waals surface area contributed by atoms with Gasteiger partial charge < -0.3 is 14.5 Å². The van der Waals surface area contributed by atoms with Gasteiger partial charge in [-0.05, 0) is 73.8 Å². The fourth-order valence-electron chi connectivity index (χ4n) is 3.54. The summed E-state index contributed by atoms with van der Waals surface area (Å²) in [4.78, 5) is 37.1. The van der Waals surface area contributed by atoms with Crippen LogP contribution in [-0.2, 0) is 9.53 Å². The maximum Gasteiger partial charge on any atom is 0.326 e. The molecule has 0 bridgehead atoms. The van der Waals surface area contributed by atoms with Gasteiger partial charge in [0, 0.05) is 24.0 Å². The third kappa shape index (κ3) is 6.21. The van der Waals surface area contributed by atoms with Crippen LogP contribution in [0.3, 0.4) is 0 Å². The highest BCUT2D eigenvalue weighted by Gasteiger charge is 2.26. The van der Waals surface area contributed by atoms with E-state index < -0.39 is 11.6 Å². The van der Waals surface area contributed by atoms with Crippen molar-refractivity contribution in [2.75, 3.05) is 33.7 Å². The largest absolute Gasteiger partial charge is 0.459 e. The van der Waals surface area contributed by atoms with Gasteiger partial charge in [-0.25, -0.2) is 9.67 Å². The minimum Gasteiger partial charge on any atom is -0.459 e. The zero-order valence-corrected chi connectivity index (χ0v) is 22.2. The summed E-state index contributed by atoms with van der Waals surface area (Å²) in [7, 11) is 3.87. The van der Waals surface area contributed by atoms with Crippen LogP contribution in [0.5, 0.6) is 0 Å². The molecule has 0 N–H and O–H groups in total. The van der Waals surface area contributed by atoms with Gasteiger partial charge in [0.2, 0.25) is 0 Å². The molecular formula is C25H35N5O3S. The van der Waals surface area contributed by atoms with E-state index >= 15 is 0 Å². The van der Waals surface area contributed by atoms with Gasteiger partial charge in [-0.3, -0.25) is 9.59 Å². The van der Waals surface area contributed by atoms with E-state index in [-0.39, 0.29) is 18.5 Å². The fraction of sp³-hybridized carbons (Fsp3) is 0.520. The number of pyridine rings is 1. The van der Waals surface area contributed by atoms with Gasteiger partial charge in [0.05, 0.1) is 27.7 Å². The monoisotopic (exact) mass is 485 g/mol. The number of carbonyl (C=O) groups excluding carboxylic acids is 2. The molecular weight excluding hydrogens is 450 g/mol. The first-order valence-electron chi connectivity index (χ1n) is 11.5. The van der Waals surface area contributed by atoms with E-state index in [0.717, 1.165) is 10.6 Å². The van der Waals surface area contributed by atoms with Crippen molar-refractivity contribution in [1.29, 1.82) is 0 Å². The predicted octanol–water partition coefficient (Wildman–Crippen LogP) is 4.39. The van der Waals surface area contributed by atoms with Crippen LogP contribution in [0.4, 0.5) is 0 Å². The van der Waals surface area contributed by atoms with Crippen molar-refractivity contribution in [3.63, 3.8) is 0 Å². The standard InChI is InChI=1S/C25H35N5O3S/c1-16(2)30-23-19(14-26-30)18(13-20(27-23)21-10-9-17(3)34-21)24(32)29(12-11-28(7)8)15-22(31)33-25(4,5)6/h9-10,13-14,16H,11-12,15H2,1-8H3. The van der Waals surface area contributed by atoms with E-state index in [1.807, 2.05) is 83.4 Å². The van der Waals surface area contributed by atoms with Crippen LogP contribution in [0.25, 0.3) is 21.6 Å². The molecule has 3 rings (SSSR count). The first kappa shape index (κ1) is 25.8. The number of aromatic nitrogens is 3. The van der Waals surface area contributed by atoms with Gasteiger partial charge in [0.15, 0.2) is 5.65 Å². The lowest BCUT2D eigenvalue weighted by Gasteiger charge is -2.26. The minimum atomic E-state index is -0.625. The first-order chi connectivity index (χ1) is 15.9. The van der Waals surface area contributed by atoms with Gasteiger partial charge >= 0.3 is 5.97 Å². The Morgan fingerprint density at radius 2 is 1.88 bits per heavy atom. The molecule has 0 aromatic carbocycles. The van der Waals surface area contributed by atoms with Crippen LogP contribution in [-0.4, -0.2) is 75.8 Å². The number of aryl methyl sites for hydroxylation is 1. The molecule has 3 aromatic heterocycles. The Labute approximate surface area is 205 Å². The van der Waals surface area contributed by atoms with E-state index in [2.05, 4.69) is 5.10 Å². The summed E-state index contributed by atoms with van der Waals surface area (Å²) < 4.78 is 7.33. The third-order valence-electron chi connectivity index (χ3n) is 5.12. The maximum absolute atomic E-state index is 13.9. The molecule has 8 nitrogen and oxygen atoms in total. The lowest BCUT2D eigenvalue weighted by atomic mass is 10.1. The summed E-state index contributed by atoms with van der Waals surface area (Å²) in [5.74, 6) is -0.671. The summed E-state index contributed by atoms with van der Waals surface area (Å²) in [6.45, 7) is 12.4. The van der Waals surface area contributed by atoms with Crippen molar-refractivity contribution in [3.8, 4) is 10.6 Å². The fourth-order valence-corrected chi connectivity index (χ4v) is 4.37.